The number of amides is 1. The first kappa shape index (κ1) is 15.6. The lowest BCUT2D eigenvalue weighted by molar-refractivity contribution is 0.0950. The molecule has 0 aliphatic heterocycles. The molecule has 0 saturated heterocycles. The molecule has 1 aromatic heterocycles. The van der Waals surface area contributed by atoms with Crippen LogP contribution >= 0.6 is 12.6 Å². The Morgan fingerprint density at radius 2 is 1.87 bits per heavy atom. The molecule has 3 aromatic rings. The van der Waals surface area contributed by atoms with E-state index in [1.165, 1.54) is 5.56 Å². The average molecular weight is 322 g/mol. The minimum atomic E-state index is -0.101. The number of aryl methyl sites for hydroxylation is 1. The molecule has 1 amide bonds. The molecule has 3 rings (SSSR count). The maximum atomic E-state index is 12.3. The summed E-state index contributed by atoms with van der Waals surface area (Å²) in [5, 5.41) is 3.94. The molecule has 0 radical (unpaired) electrons. The first-order valence-corrected chi connectivity index (χ1v) is 8.09. The summed E-state index contributed by atoms with van der Waals surface area (Å²) in [6.45, 7) is 0.640. The summed E-state index contributed by atoms with van der Waals surface area (Å²) in [6, 6.07) is 17.8. The van der Waals surface area contributed by atoms with Gasteiger partial charge in [-0.2, -0.15) is 0 Å². The Hall–Kier alpha value is -2.33. The molecule has 1 heterocycles. The number of aromatic nitrogens is 1. The highest BCUT2D eigenvalue weighted by atomic mass is 32.1. The fraction of sp³-hybridized carbons (Fsp3) is 0.158. The van der Waals surface area contributed by atoms with Crippen LogP contribution in [0.1, 0.15) is 22.3 Å². The van der Waals surface area contributed by atoms with Gasteiger partial charge in [-0.05, 0) is 30.5 Å². The number of pyridine rings is 1. The van der Waals surface area contributed by atoms with Crippen molar-refractivity contribution in [2.24, 2.45) is 0 Å². The first-order chi connectivity index (χ1) is 11.3. The summed E-state index contributed by atoms with van der Waals surface area (Å²) in [6.07, 6.45) is 3.57. The number of hydrogen-bond donors (Lipinski definition) is 2. The van der Waals surface area contributed by atoms with Gasteiger partial charge in [0.2, 0.25) is 0 Å². The van der Waals surface area contributed by atoms with Crippen LogP contribution in [0.3, 0.4) is 0 Å². The van der Waals surface area contributed by atoms with Crippen molar-refractivity contribution in [3.05, 3.63) is 71.9 Å². The number of benzene rings is 2. The Balaban J connectivity index is 1.61. The Kier molecular flexibility index (Phi) is 4.93. The standard InChI is InChI=1S/C19H18N2OS/c22-19(21-13-4-8-14-6-2-1-3-7-14)16-11-10-15-9-5-12-20-17(15)18(16)23/h1-3,5-7,9-12,23H,4,8,13H2,(H,21,22). The van der Waals surface area contributed by atoms with Crippen LogP contribution in [0.2, 0.25) is 0 Å². The van der Waals surface area contributed by atoms with Crippen LogP contribution < -0.4 is 5.32 Å². The molecule has 1 N–H and O–H groups in total. The van der Waals surface area contributed by atoms with E-state index in [-0.39, 0.29) is 5.91 Å². The predicted octanol–water partition coefficient (Wildman–Crippen LogP) is 3.89. The Morgan fingerprint density at radius 3 is 2.70 bits per heavy atom. The molecular weight excluding hydrogens is 304 g/mol. The van der Waals surface area contributed by atoms with Gasteiger partial charge in [0.25, 0.3) is 5.91 Å². The van der Waals surface area contributed by atoms with Crippen LogP contribution in [-0.2, 0) is 6.42 Å². The number of fused-ring (bicyclic) bond motifs is 1. The van der Waals surface area contributed by atoms with Crippen LogP contribution in [0.25, 0.3) is 10.9 Å². The second-order valence-electron chi connectivity index (χ2n) is 5.38. The average Bonchev–Trinajstić information content (AvgIpc) is 2.60. The highest BCUT2D eigenvalue weighted by Gasteiger charge is 2.12. The molecule has 0 bridgehead atoms. The molecule has 0 fully saturated rings. The van der Waals surface area contributed by atoms with Crippen molar-refractivity contribution in [3.8, 4) is 0 Å². The number of rotatable bonds is 5. The van der Waals surface area contributed by atoms with Gasteiger partial charge in [-0.3, -0.25) is 9.78 Å². The SMILES string of the molecule is O=C(NCCCc1ccccc1)c1ccc2cccnc2c1S. The molecule has 0 atom stereocenters. The molecule has 3 nitrogen and oxygen atoms in total. The zero-order valence-corrected chi connectivity index (χ0v) is 13.6. The van der Waals surface area contributed by atoms with Crippen molar-refractivity contribution in [2.75, 3.05) is 6.54 Å². The fourth-order valence-electron chi connectivity index (χ4n) is 2.55. The van der Waals surface area contributed by atoms with Gasteiger partial charge in [0, 0.05) is 23.0 Å². The zero-order valence-electron chi connectivity index (χ0n) is 12.7. The topological polar surface area (TPSA) is 42.0 Å². The molecular formula is C19H18N2OS. The molecule has 0 aliphatic rings. The zero-order chi connectivity index (χ0) is 16.1. The lowest BCUT2D eigenvalue weighted by Gasteiger charge is -2.09. The maximum absolute atomic E-state index is 12.3. The van der Waals surface area contributed by atoms with Crippen LogP contribution in [0.15, 0.2) is 65.7 Å². The van der Waals surface area contributed by atoms with Gasteiger partial charge in [0.05, 0.1) is 11.1 Å². The van der Waals surface area contributed by atoms with Crippen molar-refractivity contribution in [1.29, 1.82) is 0 Å². The molecule has 116 valence electrons. The summed E-state index contributed by atoms with van der Waals surface area (Å²) in [5.41, 5.74) is 2.61. The van der Waals surface area contributed by atoms with Gasteiger partial charge in [0.15, 0.2) is 0 Å². The lowest BCUT2D eigenvalue weighted by atomic mass is 10.1. The number of carbonyl (C=O) groups is 1. The molecule has 0 saturated carbocycles. The summed E-state index contributed by atoms with van der Waals surface area (Å²) in [5.74, 6) is -0.101. The number of nitrogens with zero attached hydrogens (tertiary/aromatic N) is 1. The molecule has 0 aliphatic carbocycles. The van der Waals surface area contributed by atoms with Crippen molar-refractivity contribution in [2.45, 2.75) is 17.7 Å². The van der Waals surface area contributed by atoms with Gasteiger partial charge < -0.3 is 5.32 Å². The van der Waals surface area contributed by atoms with Gasteiger partial charge in [0.1, 0.15) is 0 Å². The van der Waals surface area contributed by atoms with E-state index in [0.29, 0.717) is 17.0 Å². The quantitative estimate of drug-likeness (QED) is 0.553. The van der Waals surface area contributed by atoms with Crippen molar-refractivity contribution in [3.63, 3.8) is 0 Å². The minimum Gasteiger partial charge on any atom is -0.352 e. The van der Waals surface area contributed by atoms with Crippen molar-refractivity contribution >= 4 is 29.4 Å². The Morgan fingerprint density at radius 1 is 1.04 bits per heavy atom. The molecule has 23 heavy (non-hydrogen) atoms. The summed E-state index contributed by atoms with van der Waals surface area (Å²) < 4.78 is 0. The largest absolute Gasteiger partial charge is 0.352 e. The molecule has 2 aromatic carbocycles. The van der Waals surface area contributed by atoms with Crippen LogP contribution in [0, 0.1) is 0 Å². The smallest absolute Gasteiger partial charge is 0.252 e. The summed E-state index contributed by atoms with van der Waals surface area (Å²) in [4.78, 5) is 17.3. The van der Waals surface area contributed by atoms with E-state index in [4.69, 9.17) is 0 Å². The van der Waals surface area contributed by atoms with E-state index >= 15 is 0 Å². The van der Waals surface area contributed by atoms with Crippen LogP contribution in [-0.4, -0.2) is 17.4 Å². The molecule has 4 heteroatoms. The number of carbonyl (C=O) groups excluding carboxylic acids is 1. The Labute approximate surface area is 141 Å². The van der Waals surface area contributed by atoms with Gasteiger partial charge in [-0.1, -0.05) is 42.5 Å². The van der Waals surface area contributed by atoms with E-state index in [0.717, 1.165) is 23.7 Å². The maximum Gasteiger partial charge on any atom is 0.252 e. The van der Waals surface area contributed by atoms with Gasteiger partial charge >= 0.3 is 0 Å². The number of hydrogen-bond acceptors (Lipinski definition) is 3. The van der Waals surface area contributed by atoms with Crippen LogP contribution in [0.4, 0.5) is 0 Å². The van der Waals surface area contributed by atoms with E-state index in [2.05, 4.69) is 35.1 Å². The first-order valence-electron chi connectivity index (χ1n) is 7.64. The minimum absolute atomic E-state index is 0.101. The summed E-state index contributed by atoms with van der Waals surface area (Å²) >= 11 is 4.48. The second kappa shape index (κ2) is 7.29. The number of thiol groups is 1. The van der Waals surface area contributed by atoms with Crippen molar-refractivity contribution in [1.82, 2.24) is 10.3 Å². The second-order valence-corrected chi connectivity index (χ2v) is 5.83. The van der Waals surface area contributed by atoms with E-state index < -0.39 is 0 Å². The third kappa shape index (κ3) is 3.71. The fourth-order valence-corrected chi connectivity index (χ4v) is 2.91. The third-order valence-electron chi connectivity index (χ3n) is 3.76. The predicted molar refractivity (Wildman–Crippen MR) is 96.1 cm³/mol. The summed E-state index contributed by atoms with van der Waals surface area (Å²) in [7, 11) is 0. The highest BCUT2D eigenvalue weighted by Crippen LogP contribution is 2.23. The van der Waals surface area contributed by atoms with Gasteiger partial charge in [-0.25, -0.2) is 0 Å². The lowest BCUT2D eigenvalue weighted by Crippen LogP contribution is -2.25. The van der Waals surface area contributed by atoms with Crippen LogP contribution in [0.5, 0.6) is 0 Å². The van der Waals surface area contributed by atoms with E-state index in [9.17, 15) is 4.79 Å². The Bertz CT molecular complexity index is 818. The molecule has 0 spiro atoms. The number of nitrogens with one attached hydrogen (secondary N) is 1. The normalized spacial score (nSPS) is 10.7. The van der Waals surface area contributed by atoms with E-state index in [1.807, 2.05) is 36.4 Å². The third-order valence-corrected chi connectivity index (χ3v) is 4.22. The molecule has 0 unspecified atom stereocenters. The van der Waals surface area contributed by atoms with E-state index in [1.54, 1.807) is 12.3 Å². The highest BCUT2D eigenvalue weighted by molar-refractivity contribution is 7.80. The van der Waals surface area contributed by atoms with Gasteiger partial charge in [-0.15, -0.1) is 12.6 Å². The monoisotopic (exact) mass is 322 g/mol. The van der Waals surface area contributed by atoms with Crippen molar-refractivity contribution < 1.29 is 4.79 Å².